The number of hydrogen-bond acceptors (Lipinski definition) is 2. The molecule has 0 aliphatic carbocycles. The zero-order chi connectivity index (χ0) is 15.9. The van der Waals surface area contributed by atoms with Gasteiger partial charge in [-0.25, -0.2) is 0 Å². The molecule has 0 fully saturated rings. The first kappa shape index (κ1) is 17.5. The first-order valence-corrected chi connectivity index (χ1v) is 7.61. The fourth-order valence-electron chi connectivity index (χ4n) is 1.75. The number of halogens is 1. The molecule has 116 valence electrons. The number of anilines is 1. The summed E-state index contributed by atoms with van der Waals surface area (Å²) in [4.78, 5) is 24.4. The third kappa shape index (κ3) is 5.38. The molecule has 0 spiro atoms. The average molecular weight is 311 g/mol. The molecule has 0 aliphatic rings. The van der Waals surface area contributed by atoms with Gasteiger partial charge in [0.2, 0.25) is 11.8 Å². The molecule has 0 saturated heterocycles. The van der Waals surface area contributed by atoms with Crippen molar-refractivity contribution in [3.05, 3.63) is 29.3 Å². The number of rotatable bonds is 7. The Hall–Kier alpha value is -1.55. The van der Waals surface area contributed by atoms with Crippen LogP contribution in [0.2, 0.25) is 5.02 Å². The summed E-state index contributed by atoms with van der Waals surface area (Å²) in [6.07, 6.45) is 3.08. The van der Waals surface area contributed by atoms with E-state index >= 15 is 0 Å². The SMILES string of the molecule is CCCCCNC(=O)C(C)(C)C(=O)Nc1cccc(Cl)c1. The maximum absolute atomic E-state index is 12.3. The van der Waals surface area contributed by atoms with Crippen molar-refractivity contribution in [2.24, 2.45) is 5.41 Å². The normalized spacial score (nSPS) is 11.0. The Morgan fingerprint density at radius 1 is 1.19 bits per heavy atom. The van der Waals surface area contributed by atoms with Gasteiger partial charge in [0.1, 0.15) is 5.41 Å². The lowest BCUT2D eigenvalue weighted by molar-refractivity contribution is -0.138. The van der Waals surface area contributed by atoms with Crippen LogP contribution in [-0.2, 0) is 9.59 Å². The molecule has 0 heterocycles. The summed E-state index contributed by atoms with van der Waals surface area (Å²) in [5.41, 5.74) is -0.548. The molecule has 1 rings (SSSR count). The van der Waals surface area contributed by atoms with Gasteiger partial charge < -0.3 is 10.6 Å². The van der Waals surface area contributed by atoms with Crippen molar-refractivity contribution in [2.75, 3.05) is 11.9 Å². The summed E-state index contributed by atoms with van der Waals surface area (Å²) < 4.78 is 0. The molecule has 0 saturated carbocycles. The summed E-state index contributed by atoms with van der Waals surface area (Å²) in [5.74, 6) is -0.615. The lowest BCUT2D eigenvalue weighted by atomic mass is 9.91. The number of nitrogens with one attached hydrogen (secondary N) is 2. The van der Waals surface area contributed by atoms with Crippen molar-refractivity contribution in [3.63, 3.8) is 0 Å². The highest BCUT2D eigenvalue weighted by Gasteiger charge is 2.35. The highest BCUT2D eigenvalue weighted by atomic mass is 35.5. The quantitative estimate of drug-likeness (QED) is 0.597. The van der Waals surface area contributed by atoms with Crippen molar-refractivity contribution in [1.82, 2.24) is 5.32 Å². The number of carbonyl (C=O) groups is 2. The summed E-state index contributed by atoms with van der Waals surface area (Å²) in [7, 11) is 0. The van der Waals surface area contributed by atoms with E-state index in [1.165, 1.54) is 0 Å². The van der Waals surface area contributed by atoms with Gasteiger partial charge in [0.15, 0.2) is 0 Å². The molecule has 2 amide bonds. The molecule has 4 nitrogen and oxygen atoms in total. The fraction of sp³-hybridized carbons (Fsp3) is 0.500. The molecular weight excluding hydrogens is 288 g/mol. The van der Waals surface area contributed by atoms with E-state index in [2.05, 4.69) is 17.6 Å². The number of hydrogen-bond donors (Lipinski definition) is 2. The van der Waals surface area contributed by atoms with Crippen LogP contribution >= 0.6 is 11.6 Å². The third-order valence-corrected chi connectivity index (χ3v) is 3.52. The van der Waals surface area contributed by atoms with Crippen molar-refractivity contribution in [1.29, 1.82) is 0 Å². The minimum atomic E-state index is -1.13. The van der Waals surface area contributed by atoms with E-state index in [9.17, 15) is 9.59 Å². The molecule has 1 aromatic rings. The zero-order valence-corrected chi connectivity index (χ0v) is 13.6. The largest absolute Gasteiger partial charge is 0.355 e. The molecule has 0 atom stereocenters. The number of carbonyl (C=O) groups excluding carboxylic acids is 2. The predicted octanol–water partition coefficient (Wildman–Crippen LogP) is 3.61. The predicted molar refractivity (Wildman–Crippen MR) is 86.4 cm³/mol. The standard InChI is InChI=1S/C16H23ClN2O2/c1-4-5-6-10-18-14(20)16(2,3)15(21)19-13-9-7-8-12(17)11-13/h7-9,11H,4-6,10H2,1-3H3,(H,18,20)(H,19,21). The highest BCUT2D eigenvalue weighted by molar-refractivity contribution is 6.31. The van der Waals surface area contributed by atoms with Crippen molar-refractivity contribution in [2.45, 2.75) is 40.0 Å². The van der Waals surface area contributed by atoms with Crippen molar-refractivity contribution >= 4 is 29.1 Å². The van der Waals surface area contributed by atoms with Crippen LogP contribution in [0.25, 0.3) is 0 Å². The van der Waals surface area contributed by atoms with Gasteiger partial charge in [-0.3, -0.25) is 9.59 Å². The molecular formula is C16H23ClN2O2. The van der Waals surface area contributed by atoms with Gasteiger partial charge in [-0.15, -0.1) is 0 Å². The van der Waals surface area contributed by atoms with Gasteiger partial charge >= 0.3 is 0 Å². The minimum Gasteiger partial charge on any atom is -0.355 e. The van der Waals surface area contributed by atoms with Gasteiger partial charge in [0.05, 0.1) is 0 Å². The molecule has 0 bridgehead atoms. The van der Waals surface area contributed by atoms with Crippen LogP contribution in [0.5, 0.6) is 0 Å². The Labute approximate surface area is 131 Å². The molecule has 5 heteroatoms. The van der Waals surface area contributed by atoms with Crippen LogP contribution in [0.3, 0.4) is 0 Å². The minimum absolute atomic E-state index is 0.266. The molecule has 0 radical (unpaired) electrons. The second-order valence-corrected chi connectivity index (χ2v) is 5.99. The Kier molecular flexibility index (Phi) is 6.69. The van der Waals surface area contributed by atoms with Crippen LogP contribution in [0, 0.1) is 5.41 Å². The second-order valence-electron chi connectivity index (χ2n) is 5.55. The van der Waals surface area contributed by atoms with Gasteiger partial charge in [0.25, 0.3) is 0 Å². The van der Waals surface area contributed by atoms with Crippen LogP contribution in [0.4, 0.5) is 5.69 Å². The second kappa shape index (κ2) is 8.03. The molecule has 21 heavy (non-hydrogen) atoms. The summed E-state index contributed by atoms with van der Waals surface area (Å²) in [5, 5.41) is 6.07. The number of unbranched alkanes of at least 4 members (excludes halogenated alkanes) is 2. The zero-order valence-electron chi connectivity index (χ0n) is 12.8. The van der Waals surface area contributed by atoms with Gasteiger partial charge in [0, 0.05) is 17.3 Å². The van der Waals surface area contributed by atoms with E-state index < -0.39 is 5.41 Å². The van der Waals surface area contributed by atoms with Gasteiger partial charge in [-0.05, 0) is 38.5 Å². The topological polar surface area (TPSA) is 58.2 Å². The van der Waals surface area contributed by atoms with Crippen LogP contribution in [0.1, 0.15) is 40.0 Å². The van der Waals surface area contributed by atoms with Crippen LogP contribution in [-0.4, -0.2) is 18.4 Å². The van der Waals surface area contributed by atoms with Crippen LogP contribution in [0.15, 0.2) is 24.3 Å². The Morgan fingerprint density at radius 3 is 2.52 bits per heavy atom. The number of benzene rings is 1. The van der Waals surface area contributed by atoms with Gasteiger partial charge in [-0.2, -0.15) is 0 Å². The van der Waals surface area contributed by atoms with E-state index in [-0.39, 0.29) is 11.8 Å². The van der Waals surface area contributed by atoms with Crippen molar-refractivity contribution < 1.29 is 9.59 Å². The first-order chi connectivity index (χ1) is 9.87. The molecule has 0 aliphatic heterocycles. The van der Waals surface area contributed by atoms with E-state index in [0.29, 0.717) is 17.3 Å². The number of amides is 2. The van der Waals surface area contributed by atoms with E-state index in [4.69, 9.17) is 11.6 Å². The van der Waals surface area contributed by atoms with Crippen molar-refractivity contribution in [3.8, 4) is 0 Å². The van der Waals surface area contributed by atoms with E-state index in [1.54, 1.807) is 38.1 Å². The molecule has 0 unspecified atom stereocenters. The van der Waals surface area contributed by atoms with Crippen LogP contribution < -0.4 is 10.6 Å². The lowest BCUT2D eigenvalue weighted by Gasteiger charge is -2.22. The fourth-order valence-corrected chi connectivity index (χ4v) is 1.94. The summed E-state index contributed by atoms with van der Waals surface area (Å²) >= 11 is 5.87. The molecule has 0 aromatic heterocycles. The summed E-state index contributed by atoms with van der Waals surface area (Å²) in [6, 6.07) is 6.85. The average Bonchev–Trinajstić information content (AvgIpc) is 2.43. The van der Waals surface area contributed by atoms with E-state index in [1.807, 2.05) is 0 Å². The first-order valence-electron chi connectivity index (χ1n) is 7.23. The van der Waals surface area contributed by atoms with Gasteiger partial charge in [-0.1, -0.05) is 37.4 Å². The van der Waals surface area contributed by atoms with E-state index in [0.717, 1.165) is 19.3 Å². The Morgan fingerprint density at radius 2 is 1.90 bits per heavy atom. The lowest BCUT2D eigenvalue weighted by Crippen LogP contribution is -2.45. The third-order valence-electron chi connectivity index (χ3n) is 3.28. The monoisotopic (exact) mass is 310 g/mol. The smallest absolute Gasteiger partial charge is 0.239 e. The maximum Gasteiger partial charge on any atom is 0.239 e. The highest BCUT2D eigenvalue weighted by Crippen LogP contribution is 2.21. The summed E-state index contributed by atoms with van der Waals surface area (Å²) in [6.45, 7) is 5.93. The molecule has 1 aromatic carbocycles. The maximum atomic E-state index is 12.3. The Bertz CT molecular complexity index is 501. The molecule has 2 N–H and O–H groups in total. The Balaban J connectivity index is 2.59.